The first-order valence-electron chi connectivity index (χ1n) is 12.4. The zero-order valence-electron chi connectivity index (χ0n) is 21.0. The Balaban J connectivity index is 1.23. The van der Waals surface area contributed by atoms with Crippen LogP contribution in [0.4, 0.5) is 5.82 Å². The molecule has 6 nitrogen and oxygen atoms in total. The fourth-order valence-electron chi connectivity index (χ4n) is 6.19. The molecule has 2 heterocycles. The number of amides is 1. The van der Waals surface area contributed by atoms with Gasteiger partial charge in [-0.05, 0) is 35.2 Å². The molecule has 5 rings (SSSR count). The Morgan fingerprint density at radius 3 is 2.47 bits per heavy atom. The van der Waals surface area contributed by atoms with E-state index in [0.29, 0.717) is 0 Å². The van der Waals surface area contributed by atoms with E-state index in [4.69, 9.17) is 4.52 Å². The lowest BCUT2D eigenvalue weighted by Gasteiger charge is -2.36. The van der Waals surface area contributed by atoms with Crippen molar-refractivity contribution < 1.29 is 9.32 Å². The number of aromatic nitrogens is 1. The van der Waals surface area contributed by atoms with E-state index in [9.17, 15) is 4.79 Å². The van der Waals surface area contributed by atoms with Gasteiger partial charge < -0.3 is 14.7 Å². The van der Waals surface area contributed by atoms with Gasteiger partial charge in [-0.15, -0.1) is 0 Å². The van der Waals surface area contributed by atoms with Crippen LogP contribution in [-0.4, -0.2) is 54.7 Å². The lowest BCUT2D eigenvalue weighted by molar-refractivity contribution is -0.120. The Morgan fingerprint density at radius 2 is 1.74 bits per heavy atom. The van der Waals surface area contributed by atoms with Crippen LogP contribution in [0.25, 0.3) is 11.0 Å². The molecule has 1 atom stereocenters. The second-order valence-electron chi connectivity index (χ2n) is 11.0. The minimum atomic E-state index is -0.105. The standard InChI is InChI=1S/C28H36N4O2/c1-19(33)29-26-27(2,3)22-11-10-20(18-23(22)28(26,4)5)12-13-31-14-16-32(17-15-31)25-21-8-6-7-9-24(21)34-30-25/h6-11,18,26H,12-17H2,1-5H3,(H,29,33). The van der Waals surface area contributed by atoms with E-state index in [0.717, 1.165) is 55.9 Å². The molecule has 0 radical (unpaired) electrons. The third-order valence-electron chi connectivity index (χ3n) is 8.01. The summed E-state index contributed by atoms with van der Waals surface area (Å²) >= 11 is 0. The molecule has 0 spiro atoms. The maximum atomic E-state index is 11.9. The van der Waals surface area contributed by atoms with Crippen molar-refractivity contribution >= 4 is 22.7 Å². The highest BCUT2D eigenvalue weighted by molar-refractivity contribution is 5.88. The molecule has 2 aromatic carbocycles. The van der Waals surface area contributed by atoms with E-state index in [1.165, 1.54) is 16.7 Å². The highest BCUT2D eigenvalue weighted by Crippen LogP contribution is 2.49. The number of piperazine rings is 1. The quantitative estimate of drug-likeness (QED) is 0.616. The zero-order valence-corrected chi connectivity index (χ0v) is 21.0. The maximum Gasteiger partial charge on any atom is 0.217 e. The molecule has 180 valence electrons. The lowest BCUT2D eigenvalue weighted by atomic mass is 9.75. The molecule has 0 bridgehead atoms. The molecule has 3 aromatic rings. The van der Waals surface area contributed by atoms with E-state index in [2.05, 4.69) is 72.2 Å². The van der Waals surface area contributed by atoms with Crippen molar-refractivity contribution in [2.75, 3.05) is 37.6 Å². The highest BCUT2D eigenvalue weighted by Gasteiger charge is 2.51. The predicted octanol–water partition coefficient (Wildman–Crippen LogP) is 4.27. The number of fused-ring (bicyclic) bond motifs is 2. The topological polar surface area (TPSA) is 61.6 Å². The monoisotopic (exact) mass is 460 g/mol. The Morgan fingerprint density at radius 1 is 1.03 bits per heavy atom. The largest absolute Gasteiger partial charge is 0.354 e. The fraction of sp³-hybridized carbons (Fsp3) is 0.500. The normalized spacial score (nSPS) is 21.6. The van der Waals surface area contributed by atoms with Gasteiger partial charge in [-0.1, -0.05) is 63.2 Å². The van der Waals surface area contributed by atoms with E-state index in [-0.39, 0.29) is 22.8 Å². The SMILES string of the molecule is CC(=O)NC1C(C)(C)c2ccc(CCN3CCN(c4noc5ccccc45)CC3)cc2C1(C)C. The van der Waals surface area contributed by atoms with Crippen LogP contribution >= 0.6 is 0 Å². The number of para-hydroxylation sites is 1. The van der Waals surface area contributed by atoms with Gasteiger partial charge in [-0.2, -0.15) is 0 Å². The Kier molecular flexibility index (Phi) is 5.67. The summed E-state index contributed by atoms with van der Waals surface area (Å²) in [6.07, 6.45) is 1.03. The van der Waals surface area contributed by atoms with Gasteiger partial charge in [0, 0.05) is 56.5 Å². The van der Waals surface area contributed by atoms with E-state index in [1.54, 1.807) is 6.92 Å². The van der Waals surface area contributed by atoms with Gasteiger partial charge in [0.2, 0.25) is 5.91 Å². The average Bonchev–Trinajstić information content (AvgIpc) is 3.30. The molecule has 1 N–H and O–H groups in total. The first-order valence-corrected chi connectivity index (χ1v) is 12.4. The molecule has 1 saturated heterocycles. The van der Waals surface area contributed by atoms with Crippen molar-refractivity contribution in [1.82, 2.24) is 15.4 Å². The van der Waals surface area contributed by atoms with Crippen molar-refractivity contribution in [1.29, 1.82) is 0 Å². The fourth-order valence-corrected chi connectivity index (χ4v) is 6.19. The van der Waals surface area contributed by atoms with Crippen LogP contribution in [0.1, 0.15) is 51.3 Å². The average molecular weight is 461 g/mol. The number of benzene rings is 2. The van der Waals surface area contributed by atoms with Crippen molar-refractivity contribution in [3.8, 4) is 0 Å². The Hall–Kier alpha value is -2.86. The van der Waals surface area contributed by atoms with Crippen LogP contribution in [0.5, 0.6) is 0 Å². The number of hydrogen-bond acceptors (Lipinski definition) is 5. The summed E-state index contributed by atoms with van der Waals surface area (Å²) in [6.45, 7) is 15.6. The van der Waals surface area contributed by atoms with E-state index >= 15 is 0 Å². The summed E-state index contributed by atoms with van der Waals surface area (Å²) in [5.41, 5.74) is 4.75. The van der Waals surface area contributed by atoms with Crippen LogP contribution in [0.15, 0.2) is 47.0 Å². The molecule has 0 saturated carbocycles. The summed E-state index contributed by atoms with van der Waals surface area (Å²) in [5, 5.41) is 8.66. The van der Waals surface area contributed by atoms with Crippen LogP contribution < -0.4 is 10.2 Å². The molecule has 1 aliphatic heterocycles. The summed E-state index contributed by atoms with van der Waals surface area (Å²) in [5.74, 6) is 1.00. The van der Waals surface area contributed by atoms with Crippen LogP contribution in [0.2, 0.25) is 0 Å². The number of rotatable bonds is 5. The number of carbonyl (C=O) groups excluding carboxylic acids is 1. The summed E-state index contributed by atoms with van der Waals surface area (Å²) in [7, 11) is 0. The van der Waals surface area contributed by atoms with Crippen molar-refractivity contribution in [2.45, 2.75) is 57.9 Å². The first kappa shape index (κ1) is 22.9. The molecule has 2 aliphatic rings. The van der Waals surface area contributed by atoms with Crippen LogP contribution in [0.3, 0.4) is 0 Å². The predicted molar refractivity (Wildman–Crippen MR) is 136 cm³/mol. The van der Waals surface area contributed by atoms with E-state index in [1.807, 2.05) is 18.2 Å². The molecule has 1 unspecified atom stereocenters. The van der Waals surface area contributed by atoms with Crippen molar-refractivity contribution in [3.05, 3.63) is 59.2 Å². The second kappa shape index (κ2) is 8.42. The molecule has 1 amide bonds. The summed E-state index contributed by atoms with van der Waals surface area (Å²) in [4.78, 5) is 16.8. The van der Waals surface area contributed by atoms with Crippen molar-refractivity contribution in [2.24, 2.45) is 0 Å². The molecular formula is C28H36N4O2. The first-order chi connectivity index (χ1) is 16.2. The minimum absolute atomic E-state index is 0.0388. The van der Waals surface area contributed by atoms with Crippen LogP contribution in [-0.2, 0) is 22.0 Å². The van der Waals surface area contributed by atoms with Crippen molar-refractivity contribution in [3.63, 3.8) is 0 Å². The summed E-state index contributed by atoms with van der Waals surface area (Å²) < 4.78 is 5.50. The number of anilines is 1. The highest BCUT2D eigenvalue weighted by atomic mass is 16.5. The second-order valence-corrected chi connectivity index (χ2v) is 11.0. The molecule has 1 aliphatic carbocycles. The number of hydrogen-bond donors (Lipinski definition) is 1. The molecule has 1 fully saturated rings. The van der Waals surface area contributed by atoms with Gasteiger partial charge in [-0.25, -0.2) is 0 Å². The number of carbonyl (C=O) groups is 1. The van der Waals surface area contributed by atoms with Gasteiger partial charge in [0.05, 0.1) is 5.39 Å². The van der Waals surface area contributed by atoms with Gasteiger partial charge in [-0.3, -0.25) is 9.69 Å². The molecule has 34 heavy (non-hydrogen) atoms. The molecule has 1 aromatic heterocycles. The van der Waals surface area contributed by atoms with Gasteiger partial charge >= 0.3 is 0 Å². The molecular weight excluding hydrogens is 424 g/mol. The van der Waals surface area contributed by atoms with E-state index < -0.39 is 0 Å². The molecule has 6 heteroatoms. The smallest absolute Gasteiger partial charge is 0.217 e. The van der Waals surface area contributed by atoms with Gasteiger partial charge in [0.15, 0.2) is 11.4 Å². The lowest BCUT2D eigenvalue weighted by Crippen LogP contribution is -2.51. The zero-order chi connectivity index (χ0) is 24.1. The number of nitrogens with one attached hydrogen (secondary N) is 1. The Bertz CT molecular complexity index is 1200. The number of nitrogens with zero attached hydrogens (tertiary/aromatic N) is 3. The van der Waals surface area contributed by atoms with Crippen LogP contribution in [0, 0.1) is 0 Å². The maximum absolute atomic E-state index is 11.9. The van der Waals surface area contributed by atoms with Gasteiger partial charge in [0.1, 0.15) is 0 Å². The van der Waals surface area contributed by atoms with Gasteiger partial charge in [0.25, 0.3) is 0 Å². The minimum Gasteiger partial charge on any atom is -0.354 e. The third-order valence-corrected chi connectivity index (χ3v) is 8.01. The third kappa shape index (κ3) is 3.88. The Labute approximate surface area is 202 Å². The summed E-state index contributed by atoms with van der Waals surface area (Å²) in [6, 6.07) is 15.1.